The van der Waals surface area contributed by atoms with Gasteiger partial charge in [-0.1, -0.05) is 13.3 Å². The molecule has 1 aromatic carbocycles. The summed E-state index contributed by atoms with van der Waals surface area (Å²) in [6.07, 6.45) is 0.993. The highest BCUT2D eigenvalue weighted by atomic mass is 19.1. The molecule has 0 saturated carbocycles. The first-order chi connectivity index (χ1) is 8.06. The highest BCUT2D eigenvalue weighted by molar-refractivity contribution is 5.18. The van der Waals surface area contributed by atoms with Gasteiger partial charge >= 0.3 is 0 Å². The fourth-order valence-electron chi connectivity index (χ4n) is 1.83. The van der Waals surface area contributed by atoms with Gasteiger partial charge in [-0.2, -0.15) is 0 Å². The minimum Gasteiger partial charge on any atom is -0.330 e. The first kappa shape index (κ1) is 14.1. The van der Waals surface area contributed by atoms with Crippen LogP contribution in [-0.4, -0.2) is 25.0 Å². The number of hydrogen-bond donors (Lipinski definition) is 1. The summed E-state index contributed by atoms with van der Waals surface area (Å²) < 4.78 is 26.4. The lowest BCUT2D eigenvalue weighted by Crippen LogP contribution is -2.29. The van der Waals surface area contributed by atoms with E-state index in [2.05, 4.69) is 6.92 Å². The Kier molecular flexibility index (Phi) is 5.51. The Balaban J connectivity index is 2.61. The van der Waals surface area contributed by atoms with Crippen LogP contribution in [0.1, 0.15) is 18.9 Å². The fourth-order valence-corrected chi connectivity index (χ4v) is 1.83. The normalized spacial score (nSPS) is 13.1. The average molecular weight is 242 g/mol. The Bertz CT molecular complexity index is 351. The molecule has 0 amide bonds. The van der Waals surface area contributed by atoms with Crippen LogP contribution in [0.5, 0.6) is 0 Å². The van der Waals surface area contributed by atoms with E-state index in [4.69, 9.17) is 5.73 Å². The number of nitrogens with zero attached hydrogens (tertiary/aromatic N) is 1. The van der Waals surface area contributed by atoms with Crippen LogP contribution in [0.2, 0.25) is 0 Å². The highest BCUT2D eigenvalue weighted by Crippen LogP contribution is 2.13. The molecule has 0 radical (unpaired) electrons. The van der Waals surface area contributed by atoms with E-state index in [1.165, 1.54) is 12.1 Å². The largest absolute Gasteiger partial charge is 0.330 e. The zero-order valence-electron chi connectivity index (χ0n) is 10.4. The standard InChI is InChI=1S/C13H20F2N2/c1-3-10(7-16)8-17(2)9-11-6-12(14)4-5-13(11)15/h4-6,10H,3,7-9,16H2,1-2H3. The predicted molar refractivity (Wildman–Crippen MR) is 65.5 cm³/mol. The second kappa shape index (κ2) is 6.67. The minimum atomic E-state index is -0.402. The summed E-state index contributed by atoms with van der Waals surface area (Å²) >= 11 is 0. The van der Waals surface area contributed by atoms with Crippen molar-refractivity contribution in [3.8, 4) is 0 Å². The lowest BCUT2D eigenvalue weighted by atomic mass is 10.1. The van der Waals surface area contributed by atoms with Crippen LogP contribution in [0.3, 0.4) is 0 Å². The third-order valence-electron chi connectivity index (χ3n) is 2.93. The Hall–Kier alpha value is -1.00. The van der Waals surface area contributed by atoms with Crippen molar-refractivity contribution in [2.45, 2.75) is 19.9 Å². The van der Waals surface area contributed by atoms with E-state index < -0.39 is 5.82 Å². The summed E-state index contributed by atoms with van der Waals surface area (Å²) in [6.45, 7) is 3.89. The van der Waals surface area contributed by atoms with E-state index in [-0.39, 0.29) is 5.82 Å². The third kappa shape index (κ3) is 4.40. The second-order valence-electron chi connectivity index (χ2n) is 4.44. The molecule has 0 aliphatic heterocycles. The molecule has 0 spiro atoms. The molecule has 2 N–H and O–H groups in total. The molecule has 1 rings (SSSR count). The van der Waals surface area contributed by atoms with Crippen molar-refractivity contribution in [1.29, 1.82) is 0 Å². The van der Waals surface area contributed by atoms with Crippen molar-refractivity contribution in [3.63, 3.8) is 0 Å². The number of hydrogen-bond acceptors (Lipinski definition) is 2. The van der Waals surface area contributed by atoms with Crippen molar-refractivity contribution in [2.75, 3.05) is 20.1 Å². The SMILES string of the molecule is CCC(CN)CN(C)Cc1cc(F)ccc1F. The fraction of sp³-hybridized carbons (Fsp3) is 0.538. The summed E-state index contributed by atoms with van der Waals surface area (Å²) in [4.78, 5) is 1.97. The van der Waals surface area contributed by atoms with Gasteiger partial charge < -0.3 is 10.6 Å². The van der Waals surface area contributed by atoms with Crippen LogP contribution in [0.25, 0.3) is 0 Å². The summed E-state index contributed by atoms with van der Waals surface area (Å²) in [7, 11) is 1.89. The van der Waals surface area contributed by atoms with Gasteiger partial charge in [-0.15, -0.1) is 0 Å². The van der Waals surface area contributed by atoms with Gasteiger partial charge in [-0.25, -0.2) is 8.78 Å². The van der Waals surface area contributed by atoms with Crippen LogP contribution >= 0.6 is 0 Å². The van der Waals surface area contributed by atoms with E-state index in [0.717, 1.165) is 19.0 Å². The molecular weight excluding hydrogens is 222 g/mol. The van der Waals surface area contributed by atoms with E-state index in [1.807, 2.05) is 11.9 Å². The van der Waals surface area contributed by atoms with Gasteiger partial charge in [0.2, 0.25) is 0 Å². The lowest BCUT2D eigenvalue weighted by molar-refractivity contribution is 0.264. The van der Waals surface area contributed by atoms with E-state index >= 15 is 0 Å². The summed E-state index contributed by atoms with van der Waals surface area (Å²) in [5, 5.41) is 0. The van der Waals surface area contributed by atoms with Gasteiger partial charge in [0.05, 0.1) is 0 Å². The predicted octanol–water partition coefficient (Wildman–Crippen LogP) is 2.38. The smallest absolute Gasteiger partial charge is 0.127 e. The molecule has 0 bridgehead atoms. The van der Waals surface area contributed by atoms with Gasteiger partial charge in [0.15, 0.2) is 0 Å². The van der Waals surface area contributed by atoms with E-state index in [9.17, 15) is 8.78 Å². The van der Waals surface area contributed by atoms with Crippen LogP contribution in [-0.2, 0) is 6.54 Å². The third-order valence-corrected chi connectivity index (χ3v) is 2.93. The molecule has 0 aliphatic rings. The maximum Gasteiger partial charge on any atom is 0.127 e. The molecule has 1 aromatic rings. The Morgan fingerprint density at radius 1 is 1.35 bits per heavy atom. The zero-order chi connectivity index (χ0) is 12.8. The molecule has 0 saturated heterocycles. The van der Waals surface area contributed by atoms with Gasteiger partial charge in [0.1, 0.15) is 11.6 Å². The topological polar surface area (TPSA) is 29.3 Å². The summed E-state index contributed by atoms with van der Waals surface area (Å²) in [6, 6.07) is 3.54. The summed E-state index contributed by atoms with van der Waals surface area (Å²) in [5.74, 6) is -0.365. The maximum absolute atomic E-state index is 13.4. The van der Waals surface area contributed by atoms with Gasteiger partial charge in [0.25, 0.3) is 0 Å². The second-order valence-corrected chi connectivity index (χ2v) is 4.44. The first-order valence-electron chi connectivity index (χ1n) is 5.89. The van der Waals surface area contributed by atoms with Crippen LogP contribution in [0, 0.1) is 17.6 Å². The molecule has 1 unspecified atom stereocenters. The van der Waals surface area contributed by atoms with Crippen molar-refractivity contribution >= 4 is 0 Å². The number of rotatable bonds is 6. The van der Waals surface area contributed by atoms with Crippen molar-refractivity contribution in [1.82, 2.24) is 4.90 Å². The number of halogens is 2. The van der Waals surface area contributed by atoms with Crippen molar-refractivity contribution < 1.29 is 8.78 Å². The minimum absolute atomic E-state index is 0.362. The Morgan fingerprint density at radius 3 is 2.65 bits per heavy atom. The average Bonchev–Trinajstić information content (AvgIpc) is 2.31. The van der Waals surface area contributed by atoms with E-state index in [0.29, 0.717) is 24.6 Å². The Labute approximate surface area is 101 Å². The quantitative estimate of drug-likeness (QED) is 0.830. The molecule has 0 aromatic heterocycles. The van der Waals surface area contributed by atoms with Crippen LogP contribution in [0.4, 0.5) is 8.78 Å². The Morgan fingerprint density at radius 2 is 2.06 bits per heavy atom. The molecule has 17 heavy (non-hydrogen) atoms. The highest BCUT2D eigenvalue weighted by Gasteiger charge is 2.11. The molecule has 2 nitrogen and oxygen atoms in total. The van der Waals surface area contributed by atoms with Gasteiger partial charge in [-0.3, -0.25) is 0 Å². The van der Waals surface area contributed by atoms with E-state index in [1.54, 1.807) is 0 Å². The summed E-state index contributed by atoms with van der Waals surface area (Å²) in [5.41, 5.74) is 6.01. The lowest BCUT2D eigenvalue weighted by Gasteiger charge is -2.22. The van der Waals surface area contributed by atoms with Crippen molar-refractivity contribution in [2.24, 2.45) is 11.7 Å². The molecule has 0 aliphatic carbocycles. The molecule has 1 atom stereocenters. The number of benzene rings is 1. The molecular formula is C13H20F2N2. The maximum atomic E-state index is 13.4. The zero-order valence-corrected chi connectivity index (χ0v) is 10.4. The van der Waals surface area contributed by atoms with Gasteiger partial charge in [0, 0.05) is 18.7 Å². The molecule has 0 heterocycles. The van der Waals surface area contributed by atoms with Crippen LogP contribution in [0.15, 0.2) is 18.2 Å². The molecule has 0 fully saturated rings. The van der Waals surface area contributed by atoms with Crippen molar-refractivity contribution in [3.05, 3.63) is 35.4 Å². The first-order valence-corrected chi connectivity index (χ1v) is 5.89. The molecule has 4 heteroatoms. The van der Waals surface area contributed by atoms with Crippen LogP contribution < -0.4 is 5.73 Å². The number of nitrogens with two attached hydrogens (primary N) is 1. The molecule has 96 valence electrons. The van der Waals surface area contributed by atoms with Gasteiger partial charge in [-0.05, 0) is 37.7 Å². The monoisotopic (exact) mass is 242 g/mol.